The average Bonchev–Trinajstić information content (AvgIpc) is 2.19. The minimum absolute atomic E-state index is 0.299. The molecule has 0 aromatic heterocycles. The highest BCUT2D eigenvalue weighted by Gasteiger charge is 2.27. The lowest BCUT2D eigenvalue weighted by molar-refractivity contribution is 0.163. The van der Waals surface area contributed by atoms with E-state index in [-0.39, 0.29) is 0 Å². The van der Waals surface area contributed by atoms with Crippen molar-refractivity contribution in [1.29, 1.82) is 0 Å². The molecule has 0 spiro atoms. The third-order valence-electron chi connectivity index (χ3n) is 3.58. The van der Waals surface area contributed by atoms with E-state index in [0.29, 0.717) is 17.9 Å². The van der Waals surface area contributed by atoms with Crippen molar-refractivity contribution in [3.05, 3.63) is 0 Å². The fraction of sp³-hybridized carbons (Fsp3) is 1.00. The van der Waals surface area contributed by atoms with Gasteiger partial charge in [0.15, 0.2) is 0 Å². The van der Waals surface area contributed by atoms with E-state index in [1.54, 1.807) is 0 Å². The second-order valence-electron chi connectivity index (χ2n) is 4.65. The molecule has 14 heavy (non-hydrogen) atoms. The lowest BCUT2D eigenvalue weighted by atomic mass is 9.82. The normalized spacial score (nSPS) is 28.7. The monoisotopic (exact) mass is 199 g/mol. The number of rotatable bonds is 4. The Balaban J connectivity index is 2.45. The Morgan fingerprint density at radius 1 is 1.50 bits per heavy atom. The molecule has 84 valence electrons. The molecule has 1 aliphatic rings. The molecule has 1 aliphatic heterocycles. The third kappa shape index (κ3) is 2.94. The highest BCUT2D eigenvalue weighted by atomic mass is 15.1. The van der Waals surface area contributed by atoms with Crippen LogP contribution in [0.2, 0.25) is 0 Å². The van der Waals surface area contributed by atoms with Crippen molar-refractivity contribution < 1.29 is 0 Å². The minimum atomic E-state index is 0.299. The van der Waals surface area contributed by atoms with E-state index in [9.17, 15) is 0 Å². The zero-order valence-corrected chi connectivity index (χ0v) is 9.58. The van der Waals surface area contributed by atoms with Crippen LogP contribution < -0.4 is 11.5 Å². The van der Waals surface area contributed by atoms with E-state index in [1.165, 1.54) is 19.4 Å². The fourth-order valence-corrected chi connectivity index (χ4v) is 2.50. The molecule has 1 fully saturated rings. The van der Waals surface area contributed by atoms with Gasteiger partial charge in [-0.3, -0.25) is 0 Å². The van der Waals surface area contributed by atoms with Crippen LogP contribution in [0.3, 0.4) is 0 Å². The van der Waals surface area contributed by atoms with Crippen molar-refractivity contribution >= 4 is 0 Å². The summed E-state index contributed by atoms with van der Waals surface area (Å²) in [5.41, 5.74) is 12.0. The van der Waals surface area contributed by atoms with Crippen molar-refractivity contribution in [2.24, 2.45) is 23.3 Å². The van der Waals surface area contributed by atoms with Crippen LogP contribution in [-0.2, 0) is 0 Å². The van der Waals surface area contributed by atoms with Gasteiger partial charge in [-0.15, -0.1) is 0 Å². The maximum absolute atomic E-state index is 6.27. The summed E-state index contributed by atoms with van der Waals surface area (Å²) in [6, 6.07) is 0.299. The zero-order chi connectivity index (χ0) is 10.6. The number of hydrogen-bond acceptors (Lipinski definition) is 3. The number of likely N-dealkylation sites (tertiary alicyclic amines) is 1. The van der Waals surface area contributed by atoms with Gasteiger partial charge >= 0.3 is 0 Å². The van der Waals surface area contributed by atoms with Crippen LogP contribution in [0.15, 0.2) is 0 Å². The molecular formula is C11H25N3. The first-order chi connectivity index (χ1) is 6.69. The van der Waals surface area contributed by atoms with E-state index in [1.807, 2.05) is 0 Å². The average molecular weight is 199 g/mol. The highest BCUT2D eigenvalue weighted by molar-refractivity contribution is 4.84. The van der Waals surface area contributed by atoms with Gasteiger partial charge in [0.1, 0.15) is 0 Å². The predicted molar refractivity (Wildman–Crippen MR) is 61.0 cm³/mol. The quantitative estimate of drug-likeness (QED) is 0.698. The second kappa shape index (κ2) is 5.69. The summed E-state index contributed by atoms with van der Waals surface area (Å²) < 4.78 is 0. The molecule has 0 saturated carbocycles. The van der Waals surface area contributed by atoms with Gasteiger partial charge in [-0.1, -0.05) is 13.3 Å². The summed E-state index contributed by atoms with van der Waals surface area (Å²) in [4.78, 5) is 2.39. The van der Waals surface area contributed by atoms with Crippen LogP contribution >= 0.6 is 0 Å². The van der Waals surface area contributed by atoms with Crippen LogP contribution in [0.25, 0.3) is 0 Å². The molecule has 3 nitrogen and oxygen atoms in total. The van der Waals surface area contributed by atoms with Crippen LogP contribution in [0, 0.1) is 11.8 Å². The Labute approximate surface area is 87.8 Å². The molecule has 0 aliphatic carbocycles. The van der Waals surface area contributed by atoms with E-state index in [2.05, 4.69) is 18.9 Å². The van der Waals surface area contributed by atoms with Crippen LogP contribution in [0.5, 0.6) is 0 Å². The number of nitrogens with zero attached hydrogens (tertiary/aromatic N) is 1. The van der Waals surface area contributed by atoms with Crippen molar-refractivity contribution in [2.75, 3.05) is 26.7 Å². The molecule has 0 aromatic rings. The van der Waals surface area contributed by atoms with Gasteiger partial charge in [-0.05, 0) is 44.8 Å². The van der Waals surface area contributed by atoms with E-state index >= 15 is 0 Å². The molecule has 1 saturated heterocycles. The second-order valence-corrected chi connectivity index (χ2v) is 4.65. The summed E-state index contributed by atoms with van der Waals surface area (Å²) in [5.74, 6) is 1.16. The summed E-state index contributed by atoms with van der Waals surface area (Å²) in [5, 5.41) is 0. The number of nitrogens with two attached hydrogens (primary N) is 2. The van der Waals surface area contributed by atoms with Crippen LogP contribution in [0.1, 0.15) is 26.2 Å². The first kappa shape index (κ1) is 12.0. The smallest absolute Gasteiger partial charge is 0.0120 e. The zero-order valence-electron chi connectivity index (χ0n) is 9.58. The Kier molecular flexibility index (Phi) is 4.85. The molecule has 4 N–H and O–H groups in total. The Morgan fingerprint density at radius 2 is 2.21 bits per heavy atom. The van der Waals surface area contributed by atoms with Crippen molar-refractivity contribution in [3.8, 4) is 0 Å². The first-order valence-corrected chi connectivity index (χ1v) is 5.83. The standard InChI is InChI=1S/C11H25N3/c1-3-9(7-12)11(13)10-5-4-6-14(2)8-10/h9-11H,3-8,12-13H2,1-2H3. The van der Waals surface area contributed by atoms with Gasteiger partial charge in [0, 0.05) is 12.6 Å². The minimum Gasteiger partial charge on any atom is -0.330 e. The van der Waals surface area contributed by atoms with Crippen LogP contribution in [-0.4, -0.2) is 37.6 Å². The molecule has 0 amide bonds. The lowest BCUT2D eigenvalue weighted by Gasteiger charge is -2.36. The SMILES string of the molecule is CCC(CN)C(N)C1CCCN(C)C1. The van der Waals surface area contributed by atoms with E-state index in [4.69, 9.17) is 11.5 Å². The summed E-state index contributed by atoms with van der Waals surface area (Å²) in [7, 11) is 2.18. The van der Waals surface area contributed by atoms with Crippen molar-refractivity contribution in [2.45, 2.75) is 32.2 Å². The van der Waals surface area contributed by atoms with Crippen molar-refractivity contribution in [1.82, 2.24) is 4.90 Å². The summed E-state index contributed by atoms with van der Waals surface area (Å²) in [6.07, 6.45) is 3.68. The Hall–Kier alpha value is -0.120. The third-order valence-corrected chi connectivity index (χ3v) is 3.58. The molecular weight excluding hydrogens is 174 g/mol. The maximum Gasteiger partial charge on any atom is 0.0120 e. The molecule has 0 radical (unpaired) electrons. The molecule has 3 atom stereocenters. The van der Waals surface area contributed by atoms with E-state index < -0.39 is 0 Å². The van der Waals surface area contributed by atoms with Crippen LogP contribution in [0.4, 0.5) is 0 Å². The molecule has 1 rings (SSSR count). The molecule has 0 bridgehead atoms. The molecule has 1 heterocycles. The molecule has 0 aromatic carbocycles. The highest BCUT2D eigenvalue weighted by Crippen LogP contribution is 2.22. The van der Waals surface area contributed by atoms with Crippen molar-refractivity contribution in [3.63, 3.8) is 0 Å². The van der Waals surface area contributed by atoms with Gasteiger partial charge in [0.2, 0.25) is 0 Å². The lowest BCUT2D eigenvalue weighted by Crippen LogP contribution is -2.47. The number of piperidine rings is 1. The number of hydrogen-bond donors (Lipinski definition) is 2. The largest absolute Gasteiger partial charge is 0.330 e. The van der Waals surface area contributed by atoms with Gasteiger partial charge in [0.05, 0.1) is 0 Å². The summed E-state index contributed by atoms with van der Waals surface area (Å²) >= 11 is 0. The van der Waals surface area contributed by atoms with Gasteiger partial charge in [0.25, 0.3) is 0 Å². The Morgan fingerprint density at radius 3 is 2.71 bits per heavy atom. The van der Waals surface area contributed by atoms with Gasteiger partial charge in [-0.25, -0.2) is 0 Å². The predicted octanol–water partition coefficient (Wildman–Crippen LogP) is 0.640. The molecule has 3 unspecified atom stereocenters. The van der Waals surface area contributed by atoms with Gasteiger partial charge in [-0.2, -0.15) is 0 Å². The van der Waals surface area contributed by atoms with E-state index in [0.717, 1.165) is 19.5 Å². The topological polar surface area (TPSA) is 55.3 Å². The van der Waals surface area contributed by atoms with Gasteiger partial charge < -0.3 is 16.4 Å². The molecule has 3 heteroatoms. The maximum atomic E-state index is 6.27. The first-order valence-electron chi connectivity index (χ1n) is 5.83. The Bertz CT molecular complexity index is 157. The summed E-state index contributed by atoms with van der Waals surface area (Å²) in [6.45, 7) is 5.29. The fourth-order valence-electron chi connectivity index (χ4n) is 2.50.